The maximum Gasteiger partial charge on any atom is 0.337 e. The maximum atomic E-state index is 11.8. The van der Waals surface area contributed by atoms with E-state index in [0.29, 0.717) is 11.1 Å². The van der Waals surface area contributed by atoms with E-state index < -0.39 is 16.0 Å². The zero-order chi connectivity index (χ0) is 14.5. The third-order valence-electron chi connectivity index (χ3n) is 2.72. The lowest BCUT2D eigenvalue weighted by Gasteiger charge is -2.12. The van der Waals surface area contributed by atoms with Crippen LogP contribution in [0.5, 0.6) is 0 Å². The van der Waals surface area contributed by atoms with Crippen LogP contribution in [0, 0.1) is 0 Å². The smallest absolute Gasteiger partial charge is 0.337 e. The largest absolute Gasteiger partial charge is 0.465 e. The first-order valence-electron chi connectivity index (χ1n) is 6.05. The number of carbonyl (C=O) groups is 1. The summed E-state index contributed by atoms with van der Waals surface area (Å²) < 4.78 is 30.8. The van der Waals surface area contributed by atoms with Crippen molar-refractivity contribution in [3.8, 4) is 0 Å². The Morgan fingerprint density at radius 3 is 2.37 bits per heavy atom. The third-order valence-corrected chi connectivity index (χ3v) is 4.20. The molecule has 106 valence electrons. The fraction of sp³-hybridized carbons (Fsp3) is 0.462. The van der Waals surface area contributed by atoms with Crippen LogP contribution in [0.25, 0.3) is 0 Å². The van der Waals surface area contributed by atoms with E-state index in [4.69, 9.17) is 0 Å². The van der Waals surface area contributed by atoms with Crippen LogP contribution >= 0.6 is 0 Å². The first-order chi connectivity index (χ1) is 8.88. The van der Waals surface area contributed by atoms with Gasteiger partial charge < -0.3 is 4.74 Å². The van der Waals surface area contributed by atoms with Crippen molar-refractivity contribution in [1.29, 1.82) is 0 Å². The Hall–Kier alpha value is -1.40. The van der Waals surface area contributed by atoms with Crippen molar-refractivity contribution in [1.82, 2.24) is 4.72 Å². The SMILES string of the molecule is CC[C@H](C)NS(=O)(=O)Cc1ccc(C(=O)OC)cc1. The molecule has 1 atom stereocenters. The van der Waals surface area contributed by atoms with Gasteiger partial charge in [0, 0.05) is 6.04 Å². The van der Waals surface area contributed by atoms with Gasteiger partial charge in [0.1, 0.15) is 0 Å². The molecule has 0 spiro atoms. The van der Waals surface area contributed by atoms with Crippen LogP contribution in [0.4, 0.5) is 0 Å². The molecule has 1 rings (SSSR count). The summed E-state index contributed by atoms with van der Waals surface area (Å²) in [6.07, 6.45) is 0.737. The zero-order valence-corrected chi connectivity index (χ0v) is 12.2. The number of esters is 1. The van der Waals surface area contributed by atoms with Crippen LogP contribution in [0.3, 0.4) is 0 Å². The Morgan fingerprint density at radius 1 is 1.32 bits per heavy atom. The summed E-state index contributed by atoms with van der Waals surface area (Å²) in [7, 11) is -2.05. The molecule has 0 unspecified atom stereocenters. The minimum atomic E-state index is -3.35. The molecule has 0 bridgehead atoms. The fourth-order valence-corrected chi connectivity index (χ4v) is 3.00. The van der Waals surface area contributed by atoms with Gasteiger partial charge >= 0.3 is 5.97 Å². The molecule has 0 aliphatic rings. The first-order valence-corrected chi connectivity index (χ1v) is 7.70. The van der Waals surface area contributed by atoms with Gasteiger partial charge in [-0.2, -0.15) is 0 Å². The number of hydrogen-bond acceptors (Lipinski definition) is 4. The summed E-state index contributed by atoms with van der Waals surface area (Å²) in [5, 5.41) is 0. The predicted molar refractivity (Wildman–Crippen MR) is 73.3 cm³/mol. The predicted octanol–water partition coefficient (Wildman–Crippen LogP) is 1.69. The van der Waals surface area contributed by atoms with Crippen molar-refractivity contribution in [2.45, 2.75) is 32.1 Å². The molecule has 0 aromatic heterocycles. The number of carbonyl (C=O) groups excluding carboxylic acids is 1. The molecule has 1 aromatic rings. The number of sulfonamides is 1. The molecular weight excluding hydrogens is 266 g/mol. The minimum Gasteiger partial charge on any atom is -0.465 e. The molecule has 0 heterocycles. The molecule has 0 saturated carbocycles. The number of hydrogen-bond donors (Lipinski definition) is 1. The number of benzene rings is 1. The molecule has 0 aliphatic carbocycles. The number of nitrogens with one attached hydrogen (secondary N) is 1. The molecule has 5 nitrogen and oxygen atoms in total. The summed E-state index contributed by atoms with van der Waals surface area (Å²) in [6, 6.07) is 6.25. The molecule has 19 heavy (non-hydrogen) atoms. The quantitative estimate of drug-likeness (QED) is 0.807. The monoisotopic (exact) mass is 285 g/mol. The van der Waals surface area contributed by atoms with Crippen LogP contribution < -0.4 is 4.72 Å². The summed E-state index contributed by atoms with van der Waals surface area (Å²) >= 11 is 0. The average Bonchev–Trinajstić information content (AvgIpc) is 2.37. The lowest BCUT2D eigenvalue weighted by molar-refractivity contribution is 0.0600. The highest BCUT2D eigenvalue weighted by Gasteiger charge is 2.14. The van der Waals surface area contributed by atoms with Gasteiger partial charge in [-0.1, -0.05) is 19.1 Å². The average molecular weight is 285 g/mol. The highest BCUT2D eigenvalue weighted by Crippen LogP contribution is 2.09. The van der Waals surface area contributed by atoms with Crippen LogP contribution in [0.1, 0.15) is 36.2 Å². The van der Waals surface area contributed by atoms with Gasteiger partial charge in [-0.25, -0.2) is 17.9 Å². The van der Waals surface area contributed by atoms with Crippen LogP contribution in [-0.4, -0.2) is 27.5 Å². The second kappa shape index (κ2) is 6.68. The highest BCUT2D eigenvalue weighted by molar-refractivity contribution is 7.88. The molecule has 0 fully saturated rings. The van der Waals surface area contributed by atoms with Crippen molar-refractivity contribution in [3.05, 3.63) is 35.4 Å². The molecular formula is C13H19NO4S. The molecule has 6 heteroatoms. The van der Waals surface area contributed by atoms with E-state index in [1.165, 1.54) is 7.11 Å². The van der Waals surface area contributed by atoms with Gasteiger partial charge in [0.05, 0.1) is 18.4 Å². The van der Waals surface area contributed by atoms with Gasteiger partial charge in [-0.05, 0) is 31.0 Å². The van der Waals surface area contributed by atoms with Crippen molar-refractivity contribution in [2.75, 3.05) is 7.11 Å². The summed E-state index contributed by atoms with van der Waals surface area (Å²) in [6.45, 7) is 3.73. The van der Waals surface area contributed by atoms with Crippen LogP contribution in [0.15, 0.2) is 24.3 Å². The number of methoxy groups -OCH3 is 1. The molecule has 0 aliphatic heterocycles. The fourth-order valence-electron chi connectivity index (χ4n) is 1.51. The van der Waals surface area contributed by atoms with Gasteiger partial charge in [-0.3, -0.25) is 0 Å². The maximum absolute atomic E-state index is 11.8. The Balaban J connectivity index is 2.75. The van der Waals surface area contributed by atoms with Gasteiger partial charge in [-0.15, -0.1) is 0 Å². The van der Waals surface area contributed by atoms with E-state index in [0.717, 1.165) is 6.42 Å². The van der Waals surface area contributed by atoms with E-state index in [1.54, 1.807) is 24.3 Å². The van der Waals surface area contributed by atoms with Gasteiger partial charge in [0.15, 0.2) is 0 Å². The lowest BCUT2D eigenvalue weighted by Crippen LogP contribution is -2.32. The third kappa shape index (κ3) is 5.00. The lowest BCUT2D eigenvalue weighted by atomic mass is 10.1. The molecule has 0 radical (unpaired) electrons. The molecule has 1 N–H and O–H groups in total. The van der Waals surface area contributed by atoms with Gasteiger partial charge in [0.2, 0.25) is 10.0 Å². The summed E-state index contributed by atoms with van der Waals surface area (Å²) in [4.78, 5) is 11.2. The van der Waals surface area contributed by atoms with E-state index in [2.05, 4.69) is 9.46 Å². The zero-order valence-electron chi connectivity index (χ0n) is 11.3. The molecule has 1 aromatic carbocycles. The molecule has 0 saturated heterocycles. The van der Waals surface area contributed by atoms with Crippen molar-refractivity contribution in [2.24, 2.45) is 0 Å². The Kier molecular flexibility index (Phi) is 5.50. The van der Waals surface area contributed by atoms with Crippen molar-refractivity contribution >= 4 is 16.0 Å². The molecule has 0 amide bonds. The second-order valence-electron chi connectivity index (χ2n) is 4.37. The van der Waals surface area contributed by atoms with Gasteiger partial charge in [0.25, 0.3) is 0 Å². The van der Waals surface area contributed by atoms with E-state index in [9.17, 15) is 13.2 Å². The van der Waals surface area contributed by atoms with Crippen molar-refractivity contribution in [3.63, 3.8) is 0 Å². The van der Waals surface area contributed by atoms with E-state index >= 15 is 0 Å². The minimum absolute atomic E-state index is 0.0839. The number of rotatable bonds is 6. The Morgan fingerprint density at radius 2 is 1.89 bits per heavy atom. The van der Waals surface area contributed by atoms with Crippen LogP contribution in [-0.2, 0) is 20.5 Å². The Labute approximate surface area is 114 Å². The topological polar surface area (TPSA) is 72.5 Å². The highest BCUT2D eigenvalue weighted by atomic mass is 32.2. The summed E-state index contributed by atoms with van der Waals surface area (Å²) in [5.41, 5.74) is 1.03. The normalized spacial score (nSPS) is 13.0. The van der Waals surface area contributed by atoms with E-state index in [1.807, 2.05) is 13.8 Å². The second-order valence-corrected chi connectivity index (χ2v) is 6.13. The Bertz CT molecular complexity index is 522. The number of ether oxygens (including phenoxy) is 1. The van der Waals surface area contributed by atoms with Crippen molar-refractivity contribution < 1.29 is 17.9 Å². The first kappa shape index (κ1) is 15.7. The standard InChI is InChI=1S/C13H19NO4S/c1-4-10(2)14-19(16,17)9-11-5-7-12(8-6-11)13(15)18-3/h5-8,10,14H,4,9H2,1-3H3/t10-/m0/s1. The van der Waals surface area contributed by atoms with E-state index in [-0.39, 0.29) is 11.8 Å². The summed E-state index contributed by atoms with van der Waals surface area (Å²) in [5.74, 6) is -0.536. The van der Waals surface area contributed by atoms with Crippen LogP contribution in [0.2, 0.25) is 0 Å².